The van der Waals surface area contributed by atoms with Gasteiger partial charge in [0.1, 0.15) is 0 Å². The lowest BCUT2D eigenvalue weighted by Gasteiger charge is -2.34. The van der Waals surface area contributed by atoms with Gasteiger partial charge in [0.15, 0.2) is 0 Å². The van der Waals surface area contributed by atoms with Crippen molar-refractivity contribution >= 4 is 5.69 Å². The molecule has 1 unspecified atom stereocenters. The molecule has 1 aliphatic heterocycles. The quantitative estimate of drug-likeness (QED) is 0.900. The molecule has 104 valence electrons. The summed E-state index contributed by atoms with van der Waals surface area (Å²) in [4.78, 5) is 2.30. The summed E-state index contributed by atoms with van der Waals surface area (Å²) in [6.07, 6.45) is 0.422. The fourth-order valence-corrected chi connectivity index (χ4v) is 2.75. The molecule has 3 rings (SSSR count). The summed E-state index contributed by atoms with van der Waals surface area (Å²) < 4.78 is 0. The maximum absolute atomic E-state index is 10.1. The van der Waals surface area contributed by atoms with Crippen LogP contribution < -0.4 is 4.90 Å². The van der Waals surface area contributed by atoms with E-state index in [-0.39, 0.29) is 12.7 Å². The second-order valence-electron chi connectivity index (χ2n) is 5.26. The third-order valence-corrected chi connectivity index (χ3v) is 3.89. The first-order valence-corrected chi connectivity index (χ1v) is 6.98. The van der Waals surface area contributed by atoms with Gasteiger partial charge in [-0.2, -0.15) is 0 Å². The average molecular weight is 269 g/mol. The summed E-state index contributed by atoms with van der Waals surface area (Å²) in [7, 11) is 0. The van der Waals surface area contributed by atoms with Gasteiger partial charge in [-0.1, -0.05) is 42.5 Å². The van der Waals surface area contributed by atoms with Crippen LogP contribution in [0.2, 0.25) is 0 Å². The summed E-state index contributed by atoms with van der Waals surface area (Å²) >= 11 is 0. The maximum atomic E-state index is 10.1. The molecule has 0 saturated heterocycles. The number of hydrogen-bond acceptors (Lipinski definition) is 3. The molecule has 2 aromatic carbocycles. The van der Waals surface area contributed by atoms with Crippen molar-refractivity contribution in [1.82, 2.24) is 0 Å². The van der Waals surface area contributed by atoms with E-state index in [9.17, 15) is 5.11 Å². The summed E-state index contributed by atoms with van der Waals surface area (Å²) in [6, 6.07) is 16.1. The Kier molecular flexibility index (Phi) is 3.72. The van der Waals surface area contributed by atoms with Crippen molar-refractivity contribution < 1.29 is 10.2 Å². The van der Waals surface area contributed by atoms with Gasteiger partial charge in [-0.05, 0) is 23.6 Å². The summed E-state index contributed by atoms with van der Waals surface area (Å²) in [5.74, 6) is 0. The molecule has 2 N–H and O–H groups in total. The number of para-hydroxylation sites is 1. The van der Waals surface area contributed by atoms with Gasteiger partial charge in [-0.15, -0.1) is 0 Å². The molecule has 1 aliphatic rings. The highest BCUT2D eigenvalue weighted by atomic mass is 16.3. The predicted molar refractivity (Wildman–Crippen MR) is 79.4 cm³/mol. The van der Waals surface area contributed by atoms with E-state index in [0.29, 0.717) is 0 Å². The van der Waals surface area contributed by atoms with Crippen LogP contribution in [0.3, 0.4) is 0 Å². The molecule has 20 heavy (non-hydrogen) atoms. The van der Waals surface area contributed by atoms with Crippen LogP contribution in [0.25, 0.3) is 0 Å². The molecule has 0 aromatic heterocycles. The second-order valence-corrected chi connectivity index (χ2v) is 5.26. The molecule has 0 amide bonds. The highest BCUT2D eigenvalue weighted by Gasteiger charge is 2.22. The van der Waals surface area contributed by atoms with Crippen LogP contribution in [0.1, 0.15) is 29.2 Å². The third-order valence-electron chi connectivity index (χ3n) is 3.89. The van der Waals surface area contributed by atoms with Crippen LogP contribution in [0.5, 0.6) is 0 Å². The lowest BCUT2D eigenvalue weighted by Crippen LogP contribution is -2.30. The summed E-state index contributed by atoms with van der Waals surface area (Å²) in [5.41, 5.74) is 4.29. The topological polar surface area (TPSA) is 43.7 Å². The molecular formula is C17H19NO2. The van der Waals surface area contributed by atoms with Crippen molar-refractivity contribution in [2.75, 3.05) is 11.4 Å². The van der Waals surface area contributed by atoms with Crippen molar-refractivity contribution in [2.45, 2.75) is 25.7 Å². The number of fused-ring (bicyclic) bond motifs is 1. The van der Waals surface area contributed by atoms with Gasteiger partial charge in [-0.25, -0.2) is 0 Å². The van der Waals surface area contributed by atoms with E-state index < -0.39 is 0 Å². The van der Waals surface area contributed by atoms with Crippen LogP contribution in [-0.4, -0.2) is 16.8 Å². The number of aliphatic hydroxyl groups excluding tert-OH is 2. The number of rotatable bonds is 3. The predicted octanol–water partition coefficient (Wildman–Crippen LogP) is 2.62. The van der Waals surface area contributed by atoms with Gasteiger partial charge < -0.3 is 15.1 Å². The average Bonchev–Trinajstić information content (AvgIpc) is 2.51. The van der Waals surface area contributed by atoms with E-state index >= 15 is 0 Å². The molecule has 0 radical (unpaired) electrons. The molecule has 2 aromatic rings. The van der Waals surface area contributed by atoms with Crippen LogP contribution in [0.15, 0.2) is 48.5 Å². The van der Waals surface area contributed by atoms with E-state index in [1.54, 1.807) is 0 Å². The Morgan fingerprint density at radius 3 is 2.45 bits per heavy atom. The number of anilines is 1. The lowest BCUT2D eigenvalue weighted by atomic mass is 9.98. The minimum atomic E-state index is -0.348. The van der Waals surface area contributed by atoms with E-state index in [0.717, 1.165) is 36.3 Å². The van der Waals surface area contributed by atoms with Gasteiger partial charge >= 0.3 is 0 Å². The molecular weight excluding hydrogens is 250 g/mol. The first kappa shape index (κ1) is 13.2. The lowest BCUT2D eigenvalue weighted by molar-refractivity contribution is 0.164. The molecule has 0 aliphatic carbocycles. The summed E-state index contributed by atoms with van der Waals surface area (Å²) in [6.45, 7) is 1.77. The minimum Gasteiger partial charge on any atom is -0.392 e. The Hall–Kier alpha value is -1.84. The number of benzene rings is 2. The van der Waals surface area contributed by atoms with Crippen LogP contribution in [-0.2, 0) is 13.2 Å². The zero-order valence-electron chi connectivity index (χ0n) is 11.4. The highest BCUT2D eigenvalue weighted by molar-refractivity contribution is 5.56. The van der Waals surface area contributed by atoms with Crippen molar-refractivity contribution in [2.24, 2.45) is 0 Å². The zero-order valence-corrected chi connectivity index (χ0v) is 11.4. The first-order chi connectivity index (χ1) is 9.78. The molecule has 0 spiro atoms. The molecule has 3 nitrogen and oxygen atoms in total. The van der Waals surface area contributed by atoms with Gasteiger partial charge in [0.2, 0.25) is 0 Å². The first-order valence-electron chi connectivity index (χ1n) is 6.98. The number of nitrogens with zero attached hydrogens (tertiary/aromatic N) is 1. The smallest absolute Gasteiger partial charge is 0.0826 e. The third kappa shape index (κ3) is 2.55. The standard InChI is InChI=1S/C17H19NO2/c19-12-14-7-5-13(6-8-14)11-18-10-9-17(20)15-3-1-2-4-16(15)18/h1-8,17,19-20H,9-12H2. The minimum absolute atomic E-state index is 0.0824. The number of aliphatic hydroxyl groups is 2. The van der Waals surface area contributed by atoms with Gasteiger partial charge in [-0.3, -0.25) is 0 Å². The normalized spacial score (nSPS) is 17.9. The Labute approximate surface area is 119 Å². The molecule has 0 bridgehead atoms. The summed E-state index contributed by atoms with van der Waals surface area (Å²) in [5, 5.41) is 19.1. The van der Waals surface area contributed by atoms with E-state index in [1.807, 2.05) is 30.3 Å². The SMILES string of the molecule is OCc1ccc(CN2CCC(O)c3ccccc32)cc1. The van der Waals surface area contributed by atoms with Gasteiger partial charge in [0.05, 0.1) is 12.7 Å². The van der Waals surface area contributed by atoms with Crippen molar-refractivity contribution in [3.63, 3.8) is 0 Å². The van der Waals surface area contributed by atoms with Crippen molar-refractivity contribution in [3.05, 3.63) is 65.2 Å². The van der Waals surface area contributed by atoms with E-state index in [2.05, 4.69) is 23.1 Å². The fourth-order valence-electron chi connectivity index (χ4n) is 2.75. The Morgan fingerprint density at radius 2 is 1.70 bits per heavy atom. The molecule has 1 heterocycles. The van der Waals surface area contributed by atoms with E-state index in [4.69, 9.17) is 5.11 Å². The zero-order chi connectivity index (χ0) is 13.9. The highest BCUT2D eigenvalue weighted by Crippen LogP contribution is 2.34. The second kappa shape index (κ2) is 5.65. The van der Waals surface area contributed by atoms with Crippen LogP contribution >= 0.6 is 0 Å². The Bertz CT molecular complexity index is 580. The van der Waals surface area contributed by atoms with Gasteiger partial charge in [0, 0.05) is 24.3 Å². The van der Waals surface area contributed by atoms with Gasteiger partial charge in [0.25, 0.3) is 0 Å². The van der Waals surface area contributed by atoms with Crippen LogP contribution in [0, 0.1) is 0 Å². The molecule has 0 fully saturated rings. The van der Waals surface area contributed by atoms with Crippen LogP contribution in [0.4, 0.5) is 5.69 Å². The number of hydrogen-bond donors (Lipinski definition) is 2. The maximum Gasteiger partial charge on any atom is 0.0826 e. The Balaban J connectivity index is 1.82. The molecule has 1 atom stereocenters. The monoisotopic (exact) mass is 269 g/mol. The Morgan fingerprint density at radius 1 is 1.00 bits per heavy atom. The molecule has 3 heteroatoms. The van der Waals surface area contributed by atoms with Crippen molar-refractivity contribution in [3.8, 4) is 0 Å². The van der Waals surface area contributed by atoms with Crippen molar-refractivity contribution in [1.29, 1.82) is 0 Å². The fraction of sp³-hybridized carbons (Fsp3) is 0.294. The molecule has 0 saturated carbocycles. The largest absolute Gasteiger partial charge is 0.392 e. The van der Waals surface area contributed by atoms with E-state index in [1.165, 1.54) is 5.56 Å².